The van der Waals surface area contributed by atoms with E-state index in [0.29, 0.717) is 6.61 Å². The molecule has 138 valence electrons. The molecule has 3 aromatic rings. The first kappa shape index (κ1) is 17.8. The van der Waals surface area contributed by atoms with Gasteiger partial charge < -0.3 is 10.1 Å². The van der Waals surface area contributed by atoms with Crippen LogP contribution < -0.4 is 5.32 Å². The lowest BCUT2D eigenvalue weighted by molar-refractivity contribution is -0.0293. The molecular formula is C25H27NO. The fourth-order valence-electron chi connectivity index (χ4n) is 4.20. The van der Waals surface area contributed by atoms with Crippen molar-refractivity contribution in [1.82, 2.24) is 0 Å². The van der Waals surface area contributed by atoms with Crippen molar-refractivity contribution in [3.63, 3.8) is 0 Å². The first-order chi connectivity index (χ1) is 13.4. The Morgan fingerprint density at radius 2 is 1.41 bits per heavy atom. The molecule has 3 aromatic carbocycles. The molecule has 27 heavy (non-hydrogen) atoms. The van der Waals surface area contributed by atoms with Gasteiger partial charge >= 0.3 is 0 Å². The van der Waals surface area contributed by atoms with Gasteiger partial charge in [-0.05, 0) is 36.1 Å². The predicted octanol–water partition coefficient (Wildman–Crippen LogP) is 6.15. The molecule has 0 saturated heterocycles. The number of benzene rings is 3. The van der Waals surface area contributed by atoms with E-state index in [-0.39, 0.29) is 11.6 Å². The van der Waals surface area contributed by atoms with Crippen LogP contribution in [0.2, 0.25) is 0 Å². The third-order valence-electron chi connectivity index (χ3n) is 5.56. The summed E-state index contributed by atoms with van der Waals surface area (Å²) in [5.74, 6) is 0. The van der Waals surface area contributed by atoms with Crippen LogP contribution in [0.3, 0.4) is 0 Å². The maximum absolute atomic E-state index is 6.55. The quantitative estimate of drug-likeness (QED) is 0.571. The maximum atomic E-state index is 6.55. The monoisotopic (exact) mass is 357 g/mol. The Kier molecular flexibility index (Phi) is 5.55. The molecule has 1 aliphatic carbocycles. The Labute approximate surface area is 162 Å². The standard InChI is InChI=1S/C25H27NO/c1-4-12-21(13-5-1)20-27-24-18-10-11-19-25(24,22-14-6-2-7-15-22)26-23-16-8-3-9-17-23/h1-9,12-17,24,26H,10-11,18-20H2. The topological polar surface area (TPSA) is 21.3 Å². The van der Waals surface area contributed by atoms with E-state index in [1.807, 2.05) is 0 Å². The molecule has 1 saturated carbocycles. The van der Waals surface area contributed by atoms with Crippen molar-refractivity contribution in [2.75, 3.05) is 5.32 Å². The van der Waals surface area contributed by atoms with Crippen molar-refractivity contribution >= 4 is 5.69 Å². The molecule has 2 atom stereocenters. The van der Waals surface area contributed by atoms with E-state index in [4.69, 9.17) is 4.74 Å². The summed E-state index contributed by atoms with van der Waals surface area (Å²) in [4.78, 5) is 0. The summed E-state index contributed by atoms with van der Waals surface area (Å²) >= 11 is 0. The predicted molar refractivity (Wildman–Crippen MR) is 112 cm³/mol. The third kappa shape index (κ3) is 4.06. The average Bonchev–Trinajstić information content (AvgIpc) is 2.75. The van der Waals surface area contributed by atoms with Crippen molar-refractivity contribution < 1.29 is 4.74 Å². The summed E-state index contributed by atoms with van der Waals surface area (Å²) in [6.07, 6.45) is 4.70. The first-order valence-electron chi connectivity index (χ1n) is 9.91. The van der Waals surface area contributed by atoms with Gasteiger partial charge in [-0.15, -0.1) is 0 Å². The van der Waals surface area contributed by atoms with Crippen LogP contribution in [-0.4, -0.2) is 6.10 Å². The van der Waals surface area contributed by atoms with Crippen LogP contribution in [0, 0.1) is 0 Å². The largest absolute Gasteiger partial charge is 0.373 e. The van der Waals surface area contributed by atoms with Crippen LogP contribution in [-0.2, 0) is 16.9 Å². The summed E-state index contributed by atoms with van der Waals surface area (Å²) in [5, 5.41) is 3.87. The van der Waals surface area contributed by atoms with E-state index in [1.54, 1.807) is 0 Å². The molecule has 2 heteroatoms. The molecule has 0 amide bonds. The molecule has 0 aromatic heterocycles. The summed E-state index contributed by atoms with van der Waals surface area (Å²) in [6.45, 7) is 0.649. The van der Waals surface area contributed by atoms with Gasteiger partial charge in [0.15, 0.2) is 0 Å². The number of hydrogen-bond acceptors (Lipinski definition) is 2. The highest BCUT2D eigenvalue weighted by molar-refractivity contribution is 5.49. The minimum absolute atomic E-state index is 0.133. The lowest BCUT2D eigenvalue weighted by Gasteiger charge is -2.45. The van der Waals surface area contributed by atoms with Gasteiger partial charge in [0.2, 0.25) is 0 Å². The zero-order valence-electron chi connectivity index (χ0n) is 15.7. The molecule has 2 unspecified atom stereocenters. The van der Waals surface area contributed by atoms with Gasteiger partial charge in [0, 0.05) is 5.69 Å². The molecule has 0 spiro atoms. The maximum Gasteiger partial charge on any atom is 0.0888 e. The molecule has 2 nitrogen and oxygen atoms in total. The fraction of sp³-hybridized carbons (Fsp3) is 0.280. The smallest absolute Gasteiger partial charge is 0.0888 e. The van der Waals surface area contributed by atoms with Crippen LogP contribution in [0.25, 0.3) is 0 Å². The molecule has 0 aliphatic heterocycles. The van der Waals surface area contributed by atoms with Crippen molar-refractivity contribution in [2.24, 2.45) is 0 Å². The van der Waals surface area contributed by atoms with Gasteiger partial charge in [0.05, 0.1) is 18.2 Å². The van der Waals surface area contributed by atoms with Crippen LogP contribution in [0.1, 0.15) is 36.8 Å². The highest BCUT2D eigenvalue weighted by atomic mass is 16.5. The second kappa shape index (κ2) is 8.41. The number of para-hydroxylation sites is 1. The normalized spacial score (nSPS) is 22.3. The number of hydrogen-bond donors (Lipinski definition) is 1. The van der Waals surface area contributed by atoms with Gasteiger partial charge in [-0.2, -0.15) is 0 Å². The minimum Gasteiger partial charge on any atom is -0.373 e. The Morgan fingerprint density at radius 1 is 0.778 bits per heavy atom. The van der Waals surface area contributed by atoms with Crippen LogP contribution in [0.15, 0.2) is 91.0 Å². The Balaban J connectivity index is 1.65. The zero-order chi connectivity index (χ0) is 18.4. The highest BCUT2D eigenvalue weighted by Crippen LogP contribution is 2.42. The molecule has 1 fully saturated rings. The van der Waals surface area contributed by atoms with Gasteiger partial charge in [-0.1, -0.05) is 91.7 Å². The van der Waals surface area contributed by atoms with E-state index in [1.165, 1.54) is 24.0 Å². The van der Waals surface area contributed by atoms with E-state index in [9.17, 15) is 0 Å². The second-order valence-electron chi connectivity index (χ2n) is 7.36. The van der Waals surface area contributed by atoms with Gasteiger partial charge in [0.1, 0.15) is 0 Å². The molecule has 1 N–H and O–H groups in total. The lowest BCUT2D eigenvalue weighted by atomic mass is 9.74. The molecule has 0 bridgehead atoms. The average molecular weight is 357 g/mol. The summed E-state index contributed by atoms with van der Waals surface area (Å²) in [7, 11) is 0. The van der Waals surface area contributed by atoms with E-state index in [2.05, 4.69) is 96.3 Å². The van der Waals surface area contributed by atoms with Gasteiger partial charge in [-0.3, -0.25) is 0 Å². The van der Waals surface area contributed by atoms with E-state index >= 15 is 0 Å². The SMILES string of the molecule is c1ccc(COC2CCCCC2(Nc2ccccc2)c2ccccc2)cc1. The van der Waals surface area contributed by atoms with E-state index in [0.717, 1.165) is 18.5 Å². The number of nitrogens with one attached hydrogen (secondary N) is 1. The van der Waals surface area contributed by atoms with Crippen molar-refractivity contribution in [2.45, 2.75) is 43.9 Å². The second-order valence-corrected chi connectivity index (χ2v) is 7.36. The van der Waals surface area contributed by atoms with Crippen LogP contribution >= 0.6 is 0 Å². The first-order valence-corrected chi connectivity index (χ1v) is 9.91. The number of rotatable bonds is 6. The fourth-order valence-corrected chi connectivity index (χ4v) is 4.20. The molecular weight excluding hydrogens is 330 g/mol. The molecule has 4 rings (SSSR count). The van der Waals surface area contributed by atoms with Crippen LogP contribution in [0.4, 0.5) is 5.69 Å². The van der Waals surface area contributed by atoms with Crippen LogP contribution in [0.5, 0.6) is 0 Å². The van der Waals surface area contributed by atoms with Crippen molar-refractivity contribution in [1.29, 1.82) is 0 Å². The third-order valence-corrected chi connectivity index (χ3v) is 5.56. The lowest BCUT2D eigenvalue weighted by Crippen LogP contribution is -2.49. The molecule has 1 aliphatic rings. The summed E-state index contributed by atoms with van der Waals surface area (Å²) in [5.41, 5.74) is 3.49. The summed E-state index contributed by atoms with van der Waals surface area (Å²) in [6, 6.07) is 31.8. The Hall–Kier alpha value is -2.58. The molecule has 0 radical (unpaired) electrons. The molecule has 0 heterocycles. The number of ether oxygens (including phenoxy) is 1. The van der Waals surface area contributed by atoms with Gasteiger partial charge in [0.25, 0.3) is 0 Å². The minimum atomic E-state index is -0.199. The van der Waals surface area contributed by atoms with Crippen molar-refractivity contribution in [3.8, 4) is 0 Å². The zero-order valence-corrected chi connectivity index (χ0v) is 15.7. The summed E-state index contributed by atoms with van der Waals surface area (Å²) < 4.78 is 6.55. The van der Waals surface area contributed by atoms with E-state index < -0.39 is 0 Å². The Morgan fingerprint density at radius 3 is 2.11 bits per heavy atom. The van der Waals surface area contributed by atoms with Gasteiger partial charge in [-0.25, -0.2) is 0 Å². The highest BCUT2D eigenvalue weighted by Gasteiger charge is 2.43. The number of anilines is 1. The van der Waals surface area contributed by atoms with Crippen molar-refractivity contribution in [3.05, 3.63) is 102 Å². The Bertz CT molecular complexity index is 819.